The summed E-state index contributed by atoms with van der Waals surface area (Å²) in [4.78, 5) is 2.57. The molecule has 12 aromatic rings. The van der Waals surface area contributed by atoms with Crippen LogP contribution in [0, 0.1) is 0 Å². The molecule has 8 aromatic carbocycles. The number of hydrogen-bond donors (Lipinski definition) is 0. The van der Waals surface area contributed by atoms with Crippen molar-refractivity contribution in [3.05, 3.63) is 218 Å². The Bertz CT molecular complexity index is 3590. The first kappa shape index (κ1) is 34.8. The average molecular weight is 829 g/mol. The molecule has 5 heteroatoms. The summed E-state index contributed by atoms with van der Waals surface area (Å²) < 4.78 is 7.55. The Hall–Kier alpha value is -7.02. The van der Waals surface area contributed by atoms with Gasteiger partial charge in [-0.25, -0.2) is 0 Å². The van der Waals surface area contributed by atoms with Crippen LogP contribution >= 0.6 is 22.7 Å². The number of nitrogens with zero attached hydrogens (tertiary/aromatic N) is 2. The summed E-state index contributed by atoms with van der Waals surface area (Å²) in [6, 6.07) is 81.4. The normalized spacial score (nSPS) is 13.0. The molecule has 0 fully saturated rings. The van der Waals surface area contributed by atoms with Gasteiger partial charge in [0.05, 0.1) is 31.5 Å². The maximum atomic E-state index is 2.49. The largest absolute Gasteiger partial charge is 0.309 e. The lowest BCUT2D eigenvalue weighted by atomic mass is 10.0. The minimum Gasteiger partial charge on any atom is -0.309 e. The van der Waals surface area contributed by atoms with Crippen molar-refractivity contribution < 1.29 is 0 Å². The van der Waals surface area contributed by atoms with Crippen molar-refractivity contribution in [2.45, 2.75) is 0 Å². The molecule has 4 aromatic heterocycles. The van der Waals surface area contributed by atoms with Crippen molar-refractivity contribution in [1.82, 2.24) is 9.13 Å². The average Bonchev–Trinajstić information content (AvgIpc) is 4.14. The third-order valence-electron chi connectivity index (χ3n) is 12.8. The van der Waals surface area contributed by atoms with E-state index in [-0.39, 0.29) is 0 Å². The van der Waals surface area contributed by atoms with Crippen LogP contribution in [0.3, 0.4) is 0 Å². The number of thiophene rings is 2. The molecular formula is C56H36N2S2Si. The molecule has 0 amide bonds. The third-order valence-corrected chi connectivity index (χ3v) is 20.2. The molecule has 0 unspecified atom stereocenters. The molecule has 0 saturated heterocycles. The molecule has 1 aliphatic rings. The van der Waals surface area contributed by atoms with E-state index < -0.39 is 8.07 Å². The monoisotopic (exact) mass is 828 g/mol. The molecule has 0 saturated carbocycles. The van der Waals surface area contributed by atoms with E-state index in [0.29, 0.717) is 0 Å². The van der Waals surface area contributed by atoms with E-state index in [2.05, 4.69) is 228 Å². The van der Waals surface area contributed by atoms with Gasteiger partial charge in [-0.3, -0.25) is 0 Å². The van der Waals surface area contributed by atoms with Crippen LogP contribution in [0.25, 0.3) is 85.6 Å². The Morgan fingerprint density at radius 2 is 0.803 bits per heavy atom. The van der Waals surface area contributed by atoms with Gasteiger partial charge in [0.15, 0.2) is 8.07 Å². The minimum absolute atomic E-state index is 1.18. The van der Waals surface area contributed by atoms with Gasteiger partial charge in [0, 0.05) is 31.9 Å². The zero-order chi connectivity index (χ0) is 40.1. The van der Waals surface area contributed by atoms with E-state index >= 15 is 0 Å². The van der Waals surface area contributed by atoms with Crippen molar-refractivity contribution in [2.24, 2.45) is 0 Å². The predicted molar refractivity (Wildman–Crippen MR) is 264 cm³/mol. The van der Waals surface area contributed by atoms with Crippen LogP contribution in [0.5, 0.6) is 0 Å². The third kappa shape index (κ3) is 5.06. The smallest absolute Gasteiger partial charge is 0.180 e. The second-order valence-corrected chi connectivity index (χ2v) is 21.9. The van der Waals surface area contributed by atoms with Gasteiger partial charge in [-0.1, -0.05) is 158 Å². The van der Waals surface area contributed by atoms with Gasteiger partial charge < -0.3 is 9.13 Å². The zero-order valence-corrected chi connectivity index (χ0v) is 35.6. The highest BCUT2D eigenvalue weighted by Crippen LogP contribution is 2.48. The van der Waals surface area contributed by atoms with Crippen LogP contribution in [0.1, 0.15) is 0 Å². The van der Waals surface area contributed by atoms with Crippen LogP contribution in [0.15, 0.2) is 218 Å². The molecule has 0 spiro atoms. The highest BCUT2D eigenvalue weighted by molar-refractivity contribution is 7.30. The molecule has 2 nitrogen and oxygen atoms in total. The zero-order valence-electron chi connectivity index (χ0n) is 33.0. The summed E-state index contributed by atoms with van der Waals surface area (Å²) in [5, 5.41) is 8.34. The molecule has 286 valence electrons. The Balaban J connectivity index is 0.987. The topological polar surface area (TPSA) is 9.86 Å². The van der Waals surface area contributed by atoms with Gasteiger partial charge in [-0.2, -0.15) is 0 Å². The van der Waals surface area contributed by atoms with E-state index in [1.54, 1.807) is 0 Å². The molecule has 1 aliphatic heterocycles. The molecule has 61 heavy (non-hydrogen) atoms. The fraction of sp³-hybridized carbons (Fsp3) is 0. The number of rotatable bonds is 6. The Morgan fingerprint density at radius 3 is 1.44 bits per heavy atom. The number of para-hydroxylation sites is 3. The Kier molecular flexibility index (Phi) is 7.70. The molecule has 0 bridgehead atoms. The van der Waals surface area contributed by atoms with Gasteiger partial charge in [0.25, 0.3) is 0 Å². The first-order chi connectivity index (χ1) is 30.3. The summed E-state index contributed by atoms with van der Waals surface area (Å²) in [5.41, 5.74) is 12.6. The summed E-state index contributed by atoms with van der Waals surface area (Å²) in [5.74, 6) is 0. The lowest BCUT2D eigenvalue weighted by molar-refractivity contribution is 1.18. The van der Waals surface area contributed by atoms with Gasteiger partial charge in [0.2, 0.25) is 0 Å². The van der Waals surface area contributed by atoms with Crippen molar-refractivity contribution >= 4 is 93.7 Å². The van der Waals surface area contributed by atoms with Crippen molar-refractivity contribution in [3.63, 3.8) is 0 Å². The highest BCUT2D eigenvalue weighted by atomic mass is 32.1. The van der Waals surface area contributed by atoms with E-state index in [9.17, 15) is 0 Å². The first-order valence-electron chi connectivity index (χ1n) is 20.8. The fourth-order valence-corrected chi connectivity index (χ4v) is 17.9. The van der Waals surface area contributed by atoms with Gasteiger partial charge >= 0.3 is 0 Å². The highest BCUT2D eigenvalue weighted by Gasteiger charge is 2.48. The van der Waals surface area contributed by atoms with E-state index in [1.807, 2.05) is 22.7 Å². The molecule has 0 radical (unpaired) electrons. The van der Waals surface area contributed by atoms with E-state index in [0.717, 1.165) is 0 Å². The van der Waals surface area contributed by atoms with Crippen LogP contribution in [-0.2, 0) is 0 Å². The number of aromatic nitrogens is 2. The number of hydrogen-bond acceptors (Lipinski definition) is 2. The molecular weight excluding hydrogens is 793 g/mol. The standard InChI is InChI=1S/C56H36N2S2Si/c1-5-17-39(18-6-1)57-47-27-15-13-25-43(47)45-33-37(29-31-48(45)57)51-35-49-55(59-51)56-50(58(49)40-19-7-2-8-20-40)36-52(60-56)38-30-32-54-46(34-38)44-26-14-16-28-53(44)61(54,41-21-9-3-10-22-41)42-23-11-4-12-24-42/h1-36H. The molecule has 0 N–H and O–H groups in total. The van der Waals surface area contributed by atoms with E-state index in [4.69, 9.17) is 0 Å². The molecule has 0 atom stereocenters. The quantitative estimate of drug-likeness (QED) is 0.148. The second kappa shape index (κ2) is 13.5. The first-order valence-corrected chi connectivity index (χ1v) is 24.5. The van der Waals surface area contributed by atoms with Crippen LogP contribution in [0.4, 0.5) is 0 Å². The van der Waals surface area contributed by atoms with Gasteiger partial charge in [-0.15, -0.1) is 22.7 Å². The lowest BCUT2D eigenvalue weighted by Gasteiger charge is -2.31. The second-order valence-electron chi connectivity index (χ2n) is 16.0. The van der Waals surface area contributed by atoms with Gasteiger partial charge in [0.1, 0.15) is 0 Å². The maximum Gasteiger partial charge on any atom is 0.180 e. The van der Waals surface area contributed by atoms with Crippen LogP contribution < -0.4 is 20.7 Å². The molecule has 0 aliphatic carbocycles. The van der Waals surface area contributed by atoms with Crippen LogP contribution in [0.2, 0.25) is 0 Å². The fourth-order valence-electron chi connectivity index (χ4n) is 10.3. The maximum absolute atomic E-state index is 2.54. The summed E-state index contributed by atoms with van der Waals surface area (Å²) in [6.07, 6.45) is 0. The number of benzene rings is 8. The minimum atomic E-state index is -2.54. The van der Waals surface area contributed by atoms with E-state index in [1.165, 1.54) is 106 Å². The summed E-state index contributed by atoms with van der Waals surface area (Å²) in [7, 11) is -2.54. The SMILES string of the molecule is c1ccc(-n2c3ccccc3c3cc(-c4cc5c(s4)c4sc(-c6ccc7c(c6)-c6ccccc6[Si]7(c6ccccc6)c6ccccc6)cc4n5-c4ccccc4)ccc32)cc1. The lowest BCUT2D eigenvalue weighted by Crippen LogP contribution is -2.72. The van der Waals surface area contributed by atoms with Crippen molar-refractivity contribution in [1.29, 1.82) is 0 Å². The van der Waals surface area contributed by atoms with Crippen molar-refractivity contribution in [3.8, 4) is 43.4 Å². The summed E-state index contributed by atoms with van der Waals surface area (Å²) in [6.45, 7) is 0. The van der Waals surface area contributed by atoms with Gasteiger partial charge in [-0.05, 0) is 104 Å². The Labute approximate surface area is 362 Å². The molecule has 5 heterocycles. The number of fused-ring (bicyclic) bond motifs is 9. The van der Waals surface area contributed by atoms with Crippen molar-refractivity contribution in [2.75, 3.05) is 0 Å². The van der Waals surface area contributed by atoms with Crippen LogP contribution in [-0.4, -0.2) is 17.2 Å². The molecule has 13 rings (SSSR count). The Morgan fingerprint density at radius 1 is 0.328 bits per heavy atom. The summed E-state index contributed by atoms with van der Waals surface area (Å²) >= 11 is 3.84. The predicted octanol–water partition coefficient (Wildman–Crippen LogP) is 12.7.